The van der Waals surface area contributed by atoms with Crippen LogP contribution in [-0.4, -0.2) is 41.8 Å². The van der Waals surface area contributed by atoms with Crippen molar-refractivity contribution in [2.75, 3.05) is 0 Å². The molecule has 5 heteroatoms. The maximum absolute atomic E-state index is 11.4. The summed E-state index contributed by atoms with van der Waals surface area (Å²) in [4.78, 5) is 11.4. The van der Waals surface area contributed by atoms with Gasteiger partial charge in [-0.15, -0.1) is 0 Å². The van der Waals surface area contributed by atoms with Crippen molar-refractivity contribution in [2.24, 2.45) is 0 Å². The lowest BCUT2D eigenvalue weighted by atomic mass is 9.80. The Morgan fingerprint density at radius 2 is 1.94 bits per heavy atom. The normalized spacial score (nSPS) is 54.4. The van der Waals surface area contributed by atoms with E-state index < -0.39 is 11.4 Å². The highest BCUT2D eigenvalue weighted by atomic mass is 16.8. The summed E-state index contributed by atoms with van der Waals surface area (Å²) in [6, 6.07) is 0. The molecule has 17 heavy (non-hydrogen) atoms. The van der Waals surface area contributed by atoms with Crippen molar-refractivity contribution in [1.29, 1.82) is 0 Å². The Bertz CT molecular complexity index is 392. The van der Waals surface area contributed by atoms with E-state index >= 15 is 0 Å². The van der Waals surface area contributed by atoms with Crippen molar-refractivity contribution < 1.29 is 23.7 Å². The highest BCUT2D eigenvalue weighted by molar-refractivity contribution is 5.73. The van der Waals surface area contributed by atoms with Crippen LogP contribution in [0.4, 0.5) is 0 Å². The molecule has 0 aromatic carbocycles. The molecule has 4 fully saturated rings. The first-order chi connectivity index (χ1) is 7.97. The van der Waals surface area contributed by atoms with Crippen LogP contribution in [-0.2, 0) is 23.7 Å². The van der Waals surface area contributed by atoms with E-state index in [0.717, 1.165) is 6.42 Å². The number of ether oxygens (including phenoxy) is 4. The number of carbonyl (C=O) groups excluding carboxylic acids is 1. The van der Waals surface area contributed by atoms with Gasteiger partial charge in [0.25, 0.3) is 0 Å². The van der Waals surface area contributed by atoms with Crippen molar-refractivity contribution >= 4 is 5.97 Å². The molecule has 5 atom stereocenters. The van der Waals surface area contributed by atoms with Gasteiger partial charge in [0.2, 0.25) is 0 Å². The van der Waals surface area contributed by atoms with Crippen molar-refractivity contribution in [3.8, 4) is 0 Å². The third-order valence-electron chi connectivity index (χ3n) is 4.28. The predicted octanol–water partition coefficient (Wildman–Crippen LogP) is 0.753. The van der Waals surface area contributed by atoms with E-state index in [1.807, 2.05) is 13.8 Å². The van der Waals surface area contributed by atoms with Crippen LogP contribution in [0.1, 0.15) is 33.1 Å². The molecule has 0 N–H and O–H groups in total. The van der Waals surface area contributed by atoms with Gasteiger partial charge < -0.3 is 18.9 Å². The van der Waals surface area contributed by atoms with Gasteiger partial charge in [0.05, 0.1) is 18.6 Å². The van der Waals surface area contributed by atoms with E-state index in [0.29, 0.717) is 12.8 Å². The van der Waals surface area contributed by atoms with Crippen molar-refractivity contribution in [3.63, 3.8) is 0 Å². The van der Waals surface area contributed by atoms with Crippen LogP contribution in [0.5, 0.6) is 0 Å². The van der Waals surface area contributed by atoms with E-state index in [1.165, 1.54) is 0 Å². The van der Waals surface area contributed by atoms with Crippen LogP contribution in [0.25, 0.3) is 0 Å². The third-order valence-corrected chi connectivity index (χ3v) is 4.28. The molecule has 2 bridgehead atoms. The molecule has 3 heterocycles. The zero-order chi connectivity index (χ0) is 11.8. The molecule has 1 aliphatic carbocycles. The summed E-state index contributed by atoms with van der Waals surface area (Å²) in [5, 5.41) is 0. The second-order valence-corrected chi connectivity index (χ2v) is 5.95. The van der Waals surface area contributed by atoms with Crippen LogP contribution in [0.15, 0.2) is 0 Å². The summed E-state index contributed by atoms with van der Waals surface area (Å²) in [6.07, 6.45) is 1.71. The minimum atomic E-state index is -0.558. The number of fused-ring (bicyclic) bond motifs is 3. The average Bonchev–Trinajstić information content (AvgIpc) is 2.72. The Morgan fingerprint density at radius 3 is 2.76 bits per heavy atom. The Balaban J connectivity index is 1.66. The van der Waals surface area contributed by atoms with E-state index in [1.54, 1.807) is 0 Å². The zero-order valence-corrected chi connectivity index (χ0v) is 9.97. The second kappa shape index (κ2) is 2.84. The highest BCUT2D eigenvalue weighted by Crippen LogP contribution is 2.53. The lowest BCUT2D eigenvalue weighted by Gasteiger charge is -2.34. The molecule has 0 radical (unpaired) electrons. The molecular formula is C12H16O5. The number of rotatable bonds is 0. The Morgan fingerprint density at radius 1 is 1.18 bits per heavy atom. The minimum absolute atomic E-state index is 0.00799. The lowest BCUT2D eigenvalue weighted by Crippen LogP contribution is -2.47. The quantitative estimate of drug-likeness (QED) is 0.585. The SMILES string of the molecule is CC1(C)O[C@H]2[C@H]3C[C@]4(C[C@H]2O1)OC(=O)CC4O3. The molecule has 3 aliphatic heterocycles. The smallest absolute Gasteiger partial charge is 0.309 e. The molecule has 5 nitrogen and oxygen atoms in total. The summed E-state index contributed by atoms with van der Waals surface area (Å²) in [5.41, 5.74) is -0.438. The van der Waals surface area contributed by atoms with Gasteiger partial charge in [-0.25, -0.2) is 0 Å². The van der Waals surface area contributed by atoms with Gasteiger partial charge in [0, 0.05) is 12.8 Å². The fourth-order valence-electron chi connectivity index (χ4n) is 3.74. The van der Waals surface area contributed by atoms with Gasteiger partial charge in [-0.2, -0.15) is 0 Å². The number of carbonyl (C=O) groups is 1. The number of esters is 1. The molecule has 1 saturated carbocycles. The maximum Gasteiger partial charge on any atom is 0.309 e. The lowest BCUT2D eigenvalue weighted by molar-refractivity contribution is -0.162. The average molecular weight is 240 g/mol. The first-order valence-electron chi connectivity index (χ1n) is 6.20. The molecule has 0 aromatic rings. The van der Waals surface area contributed by atoms with Crippen LogP contribution in [0, 0.1) is 0 Å². The van der Waals surface area contributed by atoms with Gasteiger partial charge >= 0.3 is 5.97 Å². The largest absolute Gasteiger partial charge is 0.456 e. The first kappa shape index (κ1) is 10.3. The molecule has 1 spiro atoms. The predicted molar refractivity (Wildman–Crippen MR) is 55.2 cm³/mol. The molecule has 0 amide bonds. The van der Waals surface area contributed by atoms with E-state index in [2.05, 4.69) is 0 Å². The number of hydrogen-bond acceptors (Lipinski definition) is 5. The maximum atomic E-state index is 11.4. The van der Waals surface area contributed by atoms with Gasteiger partial charge in [0.15, 0.2) is 5.79 Å². The third kappa shape index (κ3) is 1.27. The van der Waals surface area contributed by atoms with Gasteiger partial charge in [-0.05, 0) is 13.8 Å². The van der Waals surface area contributed by atoms with Crippen LogP contribution in [0.3, 0.4) is 0 Å². The minimum Gasteiger partial charge on any atom is -0.456 e. The molecular weight excluding hydrogens is 224 g/mol. The van der Waals surface area contributed by atoms with Crippen molar-refractivity contribution in [3.05, 3.63) is 0 Å². The summed E-state index contributed by atoms with van der Waals surface area (Å²) < 4.78 is 23.2. The molecule has 4 aliphatic rings. The summed E-state index contributed by atoms with van der Waals surface area (Å²) >= 11 is 0. The van der Waals surface area contributed by atoms with Crippen molar-refractivity contribution in [1.82, 2.24) is 0 Å². The molecule has 94 valence electrons. The van der Waals surface area contributed by atoms with Gasteiger partial charge in [-0.3, -0.25) is 4.79 Å². The van der Waals surface area contributed by atoms with Crippen LogP contribution >= 0.6 is 0 Å². The molecule has 4 rings (SSSR count). The molecule has 3 saturated heterocycles. The fraction of sp³-hybridized carbons (Fsp3) is 0.917. The zero-order valence-electron chi connectivity index (χ0n) is 9.97. The highest BCUT2D eigenvalue weighted by Gasteiger charge is 2.66. The van der Waals surface area contributed by atoms with Gasteiger partial charge in [-0.1, -0.05) is 0 Å². The number of hydrogen-bond donors (Lipinski definition) is 0. The first-order valence-corrected chi connectivity index (χ1v) is 6.20. The second-order valence-electron chi connectivity index (χ2n) is 5.95. The van der Waals surface area contributed by atoms with E-state index in [4.69, 9.17) is 18.9 Å². The van der Waals surface area contributed by atoms with Gasteiger partial charge in [0.1, 0.15) is 17.8 Å². The fourth-order valence-corrected chi connectivity index (χ4v) is 3.74. The van der Waals surface area contributed by atoms with Crippen molar-refractivity contribution in [2.45, 2.75) is 68.9 Å². The Labute approximate surface area is 99.3 Å². The molecule has 1 unspecified atom stereocenters. The standard InChI is InChI=1S/C12H16O5/c1-11(2)15-7-5-12-4-6(10(7)17-11)14-8(12)3-9(13)16-12/h6-8,10H,3-5H2,1-2H3/t6-,7-,8?,10+,12-/m1/s1. The van der Waals surface area contributed by atoms with Crippen LogP contribution < -0.4 is 0 Å². The monoisotopic (exact) mass is 240 g/mol. The summed E-state index contributed by atoms with van der Waals surface area (Å²) in [6.45, 7) is 3.82. The summed E-state index contributed by atoms with van der Waals surface area (Å²) in [7, 11) is 0. The van der Waals surface area contributed by atoms with E-state index in [-0.39, 0.29) is 30.4 Å². The Kier molecular flexibility index (Phi) is 1.72. The van der Waals surface area contributed by atoms with E-state index in [9.17, 15) is 4.79 Å². The molecule has 0 aromatic heterocycles. The Hall–Kier alpha value is -0.650. The van der Waals surface area contributed by atoms with Crippen LogP contribution in [0.2, 0.25) is 0 Å². The topological polar surface area (TPSA) is 54.0 Å². The summed E-state index contributed by atoms with van der Waals surface area (Å²) in [5.74, 6) is -0.706.